The molecule has 0 saturated heterocycles. The largest absolute Gasteiger partial charge is 0.316 e. The van der Waals surface area contributed by atoms with Gasteiger partial charge in [-0.15, -0.1) is 0 Å². The molecule has 0 N–H and O–H groups in total. The average molecular weight is 1760 g/mol. The number of rotatable bonds is 9. The van der Waals surface area contributed by atoms with Crippen LogP contribution in [0.3, 0.4) is 0 Å². The Morgan fingerprint density at radius 1 is 0.223 bits per heavy atom. The molecule has 130 heavy (non-hydrogen) atoms. The van der Waals surface area contributed by atoms with Gasteiger partial charge in [0.05, 0.1) is 5.52 Å². The van der Waals surface area contributed by atoms with Gasteiger partial charge in [0.25, 0.3) is 0 Å². The molecule has 23 aromatic rings. The van der Waals surface area contributed by atoms with E-state index < -0.39 is 16.1 Å². The van der Waals surface area contributed by atoms with E-state index >= 15 is 0 Å². The van der Waals surface area contributed by atoms with Crippen molar-refractivity contribution in [3.63, 3.8) is 0 Å². The van der Waals surface area contributed by atoms with Crippen molar-refractivity contribution in [2.75, 3.05) is 0 Å². The van der Waals surface area contributed by atoms with Gasteiger partial charge in [0, 0.05) is 28.7 Å². The lowest BCUT2D eigenvalue weighted by Gasteiger charge is -2.19. The average Bonchev–Trinajstić information content (AvgIpc) is 1.61. The van der Waals surface area contributed by atoms with Crippen LogP contribution in [0.15, 0.2) is 454 Å². The third-order valence-corrected chi connectivity index (χ3v) is 35.8. The Hall–Kier alpha value is -14.9. The predicted octanol–water partition coefficient (Wildman–Crippen LogP) is 33.1. The van der Waals surface area contributed by atoms with Crippen molar-refractivity contribution in [3.8, 4) is 106 Å². The summed E-state index contributed by atoms with van der Waals surface area (Å²) in [5.74, 6) is 0. The molecule has 4 heteroatoms. The number of aromatic nitrogens is 1. The number of fused-ring (bicyclic) bond motifs is 20. The minimum atomic E-state index is -1.87. The lowest BCUT2D eigenvalue weighted by Crippen LogP contribution is -2.49. The summed E-state index contributed by atoms with van der Waals surface area (Å²) in [5.41, 5.74) is 30.8. The van der Waals surface area contributed by atoms with Crippen LogP contribution in [0.5, 0.6) is 0 Å². The van der Waals surface area contributed by atoms with Gasteiger partial charge in [-0.1, -0.05) is 426 Å². The first-order chi connectivity index (χ1) is 63.4. The zero-order chi connectivity index (χ0) is 86.2. The molecule has 3 heterocycles. The summed E-state index contributed by atoms with van der Waals surface area (Å²) in [5, 5.41) is 28.0. The normalized spacial score (nSPS) is 13.0. The summed E-state index contributed by atoms with van der Waals surface area (Å²) in [7, 11) is -3.31. The van der Waals surface area contributed by atoms with E-state index in [1.165, 1.54) is 240 Å². The zero-order valence-electron chi connectivity index (χ0n) is 72.3. The molecule has 26 rings (SSSR count). The second-order valence-corrected chi connectivity index (χ2v) is 45.7. The molecule has 0 saturated carbocycles. The highest BCUT2D eigenvalue weighted by Crippen LogP contribution is 2.46. The van der Waals surface area contributed by atoms with E-state index in [1.54, 1.807) is 10.4 Å². The Morgan fingerprint density at radius 3 is 0.962 bits per heavy atom. The maximum absolute atomic E-state index is 3.58. The van der Waals surface area contributed by atoms with Crippen molar-refractivity contribution in [1.29, 1.82) is 0 Å². The van der Waals surface area contributed by atoms with Gasteiger partial charge in [0.2, 0.25) is 0 Å². The lowest BCUT2D eigenvalue weighted by molar-refractivity contribution is 1.13. The fourth-order valence-corrected chi connectivity index (χ4v) is 28.4. The molecule has 1 nitrogen and oxygen atoms in total. The Morgan fingerprint density at radius 2 is 0.538 bits per heavy atom. The summed E-state index contributed by atoms with van der Waals surface area (Å²) in [4.78, 5) is 0. The Balaban J connectivity index is 0.000000132. The summed E-state index contributed by atoms with van der Waals surface area (Å²) < 4.78 is 3.63. The number of hydrogen-bond donors (Lipinski definition) is 0. The molecule has 0 radical (unpaired) electrons. The first-order valence-electron chi connectivity index (χ1n) is 45.1. The van der Waals surface area contributed by atoms with Crippen LogP contribution in [-0.4, -0.2) is 20.7 Å². The van der Waals surface area contributed by atoms with E-state index in [2.05, 4.69) is 496 Å². The topological polar surface area (TPSA) is 4.93 Å². The van der Waals surface area contributed by atoms with Gasteiger partial charge in [0.1, 0.15) is 16.1 Å². The SMILES string of the molecule is C.C1=C(c2ccc(-c3cc4ccccc4c4ccccc34)cc2)c2cc(-c3ccc(-c4cc5ccccc5c5ccccc45)cc3)ccc2C1.C[Si]1(C)c2ccccc2-c2ccc(-n3cc(-c4ccc(-c5cc6ccccc6c6ccccc56)cc4)c4cc(-c5ccc(-c6cc7ccccc7c7ccccc67)cc5)ccc43)cc21.C[Si]1(C)c2ccccc2-c2ccc(Br)cc21.[HH]. The molecule has 3 aliphatic rings. The third kappa shape index (κ3) is 13.5. The van der Waals surface area contributed by atoms with Crippen LogP contribution < -0.4 is 20.7 Å². The van der Waals surface area contributed by atoms with E-state index in [4.69, 9.17) is 0 Å². The van der Waals surface area contributed by atoms with E-state index in [9.17, 15) is 0 Å². The summed E-state index contributed by atoms with van der Waals surface area (Å²) >= 11 is 3.58. The maximum atomic E-state index is 3.58. The molecule has 618 valence electrons. The molecule has 1 aliphatic carbocycles. The molecule has 0 unspecified atom stereocenters. The number of halogens is 1. The molecule has 1 aromatic heterocycles. The number of allylic oxidation sites excluding steroid dienone is 1. The Kier molecular flexibility index (Phi) is 19.7. The molecule has 22 aromatic carbocycles. The van der Waals surface area contributed by atoms with E-state index in [1.807, 2.05) is 0 Å². The molecule has 0 bridgehead atoms. The van der Waals surface area contributed by atoms with Gasteiger partial charge in [-0.3, -0.25) is 0 Å². The van der Waals surface area contributed by atoms with Crippen LogP contribution in [0.4, 0.5) is 0 Å². The zero-order valence-corrected chi connectivity index (χ0v) is 75.8. The second kappa shape index (κ2) is 32.1. The minimum Gasteiger partial charge on any atom is -0.316 e. The molecule has 0 spiro atoms. The standard InChI is InChI=1S/C62H43NSi.C49H32.C14H13BrSi.CH4.H2/c1-64(2)61-22-12-11-21-54(61)55-33-32-47(38-62(55)64)63-39-59(43-29-27-42(28-30-43)57-37-46-14-4-6-16-49(46)51-18-8-10-20-53(51)57)58-35-44(31-34-60(58)63)40-23-25-41(26-24-40)56-36-45-13-3-5-15-48(45)50-17-7-9-19-52(50)56;1-3-11-40-38(9-1)30-48(45-15-7-5-13-43(40)45)34-19-17-32(18-20-34)37-26-25-36-27-28-42(47(36)29-37)33-21-23-35(24-22-33)49-31-39-10-2-4-12-41(39)44-14-6-8-16-46(44)49;1-16(2)13-6-4-3-5-11(13)12-8-7-10(15)9-14(12)16;;/h3-39H,1-2H3;1-26,28-31H,27H2;3-9H,1-2H3;1H4;1H. The number of benzene rings is 22. The highest BCUT2D eigenvalue weighted by atomic mass is 79.9. The summed E-state index contributed by atoms with van der Waals surface area (Å²) in [6, 6.07) is 162. The molecule has 0 fully saturated rings. The number of nitrogens with zero attached hydrogens (tertiary/aromatic N) is 1. The summed E-state index contributed by atoms with van der Waals surface area (Å²) in [6.45, 7) is 9.87. The maximum Gasteiger partial charge on any atom is 0.113 e. The first-order valence-corrected chi connectivity index (χ1v) is 51.8. The first kappa shape index (κ1) is 79.7. The highest BCUT2D eigenvalue weighted by Gasteiger charge is 2.39. The van der Waals surface area contributed by atoms with Gasteiger partial charge in [-0.25, -0.2) is 0 Å². The minimum absolute atomic E-state index is 0. The molecule has 0 atom stereocenters. The van der Waals surface area contributed by atoms with Crippen LogP contribution >= 0.6 is 15.9 Å². The Bertz CT molecular complexity index is 8570. The van der Waals surface area contributed by atoms with Crippen molar-refractivity contribution in [2.45, 2.75) is 40.0 Å². The van der Waals surface area contributed by atoms with Crippen molar-refractivity contribution in [1.82, 2.24) is 4.57 Å². The van der Waals surface area contributed by atoms with Crippen molar-refractivity contribution >= 4 is 155 Å². The van der Waals surface area contributed by atoms with Crippen LogP contribution in [0, 0.1) is 0 Å². The molecule has 0 amide bonds. The monoisotopic (exact) mass is 1760 g/mol. The van der Waals surface area contributed by atoms with Crippen LogP contribution in [0.25, 0.3) is 208 Å². The second-order valence-electron chi connectivity index (χ2n) is 36.2. The van der Waals surface area contributed by atoms with Crippen molar-refractivity contribution in [3.05, 3.63) is 470 Å². The fraction of sp³-hybridized carbons (Fsp3) is 0.0476. The highest BCUT2D eigenvalue weighted by molar-refractivity contribution is 9.10. The van der Waals surface area contributed by atoms with Gasteiger partial charge in [-0.2, -0.15) is 0 Å². The van der Waals surface area contributed by atoms with Gasteiger partial charge >= 0.3 is 0 Å². The van der Waals surface area contributed by atoms with Crippen LogP contribution in [-0.2, 0) is 6.42 Å². The summed E-state index contributed by atoms with van der Waals surface area (Å²) in [6.07, 6.45) is 5.74. The van der Waals surface area contributed by atoms with E-state index in [0.717, 1.165) is 6.42 Å². The van der Waals surface area contributed by atoms with Gasteiger partial charge in [0.15, 0.2) is 0 Å². The molecule has 2 aliphatic heterocycles. The fourth-order valence-electron chi connectivity index (χ4n) is 21.7. The Labute approximate surface area is 771 Å². The van der Waals surface area contributed by atoms with Gasteiger partial charge < -0.3 is 4.57 Å². The van der Waals surface area contributed by atoms with Crippen molar-refractivity contribution in [2.24, 2.45) is 0 Å². The van der Waals surface area contributed by atoms with Gasteiger partial charge in [-0.05, 0) is 297 Å². The van der Waals surface area contributed by atoms with Crippen LogP contribution in [0.1, 0.15) is 25.5 Å². The van der Waals surface area contributed by atoms with E-state index in [-0.39, 0.29) is 8.85 Å². The quantitative estimate of drug-likeness (QED) is 0.100. The lowest BCUT2D eigenvalue weighted by atomic mass is 9.90. The molecular weight excluding hydrogens is 1660 g/mol. The number of hydrogen-bond acceptors (Lipinski definition) is 0. The molecular formula is C126H94BrNSi2. The third-order valence-electron chi connectivity index (χ3n) is 28.3. The van der Waals surface area contributed by atoms with Crippen molar-refractivity contribution < 1.29 is 1.43 Å². The van der Waals surface area contributed by atoms with E-state index in [0.29, 0.717) is 0 Å². The van der Waals surface area contributed by atoms with Crippen LogP contribution in [0.2, 0.25) is 26.2 Å². The smallest absolute Gasteiger partial charge is 0.113 e. The predicted molar refractivity (Wildman–Crippen MR) is 572 cm³/mol.